The maximum absolute atomic E-state index is 9.03. The van der Waals surface area contributed by atoms with Crippen molar-refractivity contribution in [3.05, 3.63) is 59.9 Å². The van der Waals surface area contributed by atoms with Crippen molar-refractivity contribution in [3.63, 3.8) is 0 Å². The number of benzene rings is 2. The number of ether oxygens (including phenoxy) is 2. The first kappa shape index (κ1) is 16.7. The van der Waals surface area contributed by atoms with E-state index in [0.29, 0.717) is 42.0 Å². The number of nitriles is 1. The number of nitrogens with one attached hydrogen (secondary N) is 2. The minimum Gasteiger partial charge on any atom is -0.486 e. The topological polar surface area (TPSA) is 92.1 Å². The van der Waals surface area contributed by atoms with E-state index in [1.807, 2.05) is 43.3 Å². The highest BCUT2D eigenvalue weighted by Crippen LogP contribution is 2.33. The predicted octanol–water partition coefficient (Wildman–Crippen LogP) is 3.92. The number of nitrogens with zero attached hydrogens (tertiary/aromatic N) is 3. The Morgan fingerprint density at radius 1 is 0.889 bits per heavy atom. The molecule has 3 aromatic rings. The van der Waals surface area contributed by atoms with E-state index >= 15 is 0 Å². The Kier molecular flexibility index (Phi) is 4.45. The Bertz CT molecular complexity index is 1030. The second-order valence-corrected chi connectivity index (χ2v) is 5.99. The Labute approximate surface area is 156 Å². The molecule has 1 aliphatic rings. The van der Waals surface area contributed by atoms with E-state index in [1.54, 1.807) is 12.1 Å². The zero-order valence-electron chi connectivity index (χ0n) is 14.7. The summed E-state index contributed by atoms with van der Waals surface area (Å²) in [6, 6.07) is 16.8. The first-order chi connectivity index (χ1) is 13.2. The van der Waals surface area contributed by atoms with Crippen LogP contribution in [0.4, 0.5) is 23.0 Å². The molecule has 0 saturated heterocycles. The zero-order valence-corrected chi connectivity index (χ0v) is 14.7. The standard InChI is InChI=1S/C20H17N5O2/c1-13-22-19(24-15-4-2-3-14(9-15)12-21)11-20(23-13)25-16-5-6-17-18(10-16)27-8-7-26-17/h2-6,9-11H,7-8H2,1H3,(H2,22,23,24,25). The Hall–Kier alpha value is -3.79. The number of aryl methyl sites for hydroxylation is 1. The normalized spacial score (nSPS) is 12.1. The van der Waals surface area contributed by atoms with Crippen molar-refractivity contribution in [2.75, 3.05) is 23.8 Å². The summed E-state index contributed by atoms with van der Waals surface area (Å²) in [4.78, 5) is 8.84. The smallest absolute Gasteiger partial charge is 0.163 e. The van der Waals surface area contributed by atoms with Crippen molar-refractivity contribution in [2.45, 2.75) is 6.92 Å². The monoisotopic (exact) mass is 359 g/mol. The van der Waals surface area contributed by atoms with Crippen LogP contribution >= 0.6 is 0 Å². The summed E-state index contributed by atoms with van der Waals surface area (Å²) < 4.78 is 11.2. The molecule has 27 heavy (non-hydrogen) atoms. The molecule has 2 heterocycles. The quantitative estimate of drug-likeness (QED) is 0.729. The van der Waals surface area contributed by atoms with Gasteiger partial charge in [-0.05, 0) is 37.3 Å². The lowest BCUT2D eigenvalue weighted by Gasteiger charge is -2.19. The number of fused-ring (bicyclic) bond motifs is 1. The van der Waals surface area contributed by atoms with Gasteiger partial charge >= 0.3 is 0 Å². The summed E-state index contributed by atoms with van der Waals surface area (Å²) in [5.41, 5.74) is 2.22. The van der Waals surface area contributed by atoms with Crippen LogP contribution in [-0.2, 0) is 0 Å². The second kappa shape index (κ2) is 7.22. The third kappa shape index (κ3) is 3.90. The van der Waals surface area contributed by atoms with E-state index in [9.17, 15) is 0 Å². The van der Waals surface area contributed by atoms with E-state index in [1.165, 1.54) is 0 Å². The first-order valence-electron chi connectivity index (χ1n) is 8.49. The van der Waals surface area contributed by atoms with Gasteiger partial charge in [0.05, 0.1) is 11.6 Å². The van der Waals surface area contributed by atoms with Gasteiger partial charge in [-0.2, -0.15) is 5.26 Å². The fraction of sp³-hybridized carbons (Fsp3) is 0.150. The highest BCUT2D eigenvalue weighted by molar-refractivity contribution is 5.66. The molecule has 1 aliphatic heterocycles. The number of anilines is 4. The number of hydrogen-bond donors (Lipinski definition) is 2. The molecular weight excluding hydrogens is 342 g/mol. The minimum absolute atomic E-state index is 0.541. The van der Waals surface area contributed by atoms with Crippen molar-refractivity contribution in [1.29, 1.82) is 5.26 Å². The third-order valence-electron chi connectivity index (χ3n) is 3.92. The van der Waals surface area contributed by atoms with Gasteiger partial charge in [0.15, 0.2) is 11.5 Å². The van der Waals surface area contributed by atoms with Gasteiger partial charge in [-0.3, -0.25) is 0 Å². The fourth-order valence-electron chi connectivity index (χ4n) is 2.78. The van der Waals surface area contributed by atoms with Gasteiger partial charge in [-0.25, -0.2) is 9.97 Å². The van der Waals surface area contributed by atoms with Crippen molar-refractivity contribution in [1.82, 2.24) is 9.97 Å². The van der Waals surface area contributed by atoms with Crippen LogP contribution in [0.3, 0.4) is 0 Å². The molecular formula is C20H17N5O2. The molecule has 2 aromatic carbocycles. The molecule has 134 valence electrons. The summed E-state index contributed by atoms with van der Waals surface area (Å²) in [5, 5.41) is 15.5. The lowest BCUT2D eigenvalue weighted by Crippen LogP contribution is -2.15. The van der Waals surface area contributed by atoms with E-state index in [2.05, 4.69) is 26.7 Å². The highest BCUT2D eigenvalue weighted by atomic mass is 16.6. The van der Waals surface area contributed by atoms with Crippen LogP contribution in [0.25, 0.3) is 0 Å². The first-order valence-corrected chi connectivity index (χ1v) is 8.49. The summed E-state index contributed by atoms with van der Waals surface area (Å²) in [6.07, 6.45) is 0. The number of aromatic nitrogens is 2. The summed E-state index contributed by atoms with van der Waals surface area (Å²) >= 11 is 0. The lowest BCUT2D eigenvalue weighted by molar-refractivity contribution is 0.171. The van der Waals surface area contributed by atoms with Crippen LogP contribution in [0.15, 0.2) is 48.5 Å². The van der Waals surface area contributed by atoms with E-state index < -0.39 is 0 Å². The Morgan fingerprint density at radius 3 is 2.33 bits per heavy atom. The molecule has 4 rings (SSSR count). The second-order valence-electron chi connectivity index (χ2n) is 5.99. The molecule has 0 radical (unpaired) electrons. The average Bonchev–Trinajstić information content (AvgIpc) is 2.67. The molecule has 7 nitrogen and oxygen atoms in total. The molecule has 1 aromatic heterocycles. The van der Waals surface area contributed by atoms with Crippen molar-refractivity contribution in [3.8, 4) is 17.6 Å². The van der Waals surface area contributed by atoms with Crippen molar-refractivity contribution >= 4 is 23.0 Å². The summed E-state index contributed by atoms with van der Waals surface area (Å²) in [5.74, 6) is 3.36. The summed E-state index contributed by atoms with van der Waals surface area (Å²) in [7, 11) is 0. The van der Waals surface area contributed by atoms with Crippen LogP contribution in [-0.4, -0.2) is 23.2 Å². The molecule has 0 atom stereocenters. The molecule has 7 heteroatoms. The maximum atomic E-state index is 9.03. The van der Waals surface area contributed by atoms with E-state index in [-0.39, 0.29) is 0 Å². The van der Waals surface area contributed by atoms with Crippen LogP contribution in [0, 0.1) is 18.3 Å². The Balaban J connectivity index is 1.56. The number of hydrogen-bond acceptors (Lipinski definition) is 7. The molecule has 0 fully saturated rings. The van der Waals surface area contributed by atoms with Crippen LogP contribution in [0.5, 0.6) is 11.5 Å². The van der Waals surface area contributed by atoms with Crippen LogP contribution in [0.1, 0.15) is 11.4 Å². The molecule has 0 bridgehead atoms. The van der Waals surface area contributed by atoms with Crippen LogP contribution in [0.2, 0.25) is 0 Å². The Morgan fingerprint density at radius 2 is 1.59 bits per heavy atom. The maximum Gasteiger partial charge on any atom is 0.163 e. The molecule has 0 aliphatic carbocycles. The number of rotatable bonds is 4. The van der Waals surface area contributed by atoms with E-state index in [0.717, 1.165) is 17.1 Å². The van der Waals surface area contributed by atoms with Crippen molar-refractivity contribution < 1.29 is 9.47 Å². The third-order valence-corrected chi connectivity index (χ3v) is 3.92. The van der Waals surface area contributed by atoms with E-state index in [4.69, 9.17) is 14.7 Å². The summed E-state index contributed by atoms with van der Waals surface area (Å²) in [6.45, 7) is 2.93. The molecule has 0 spiro atoms. The van der Waals surface area contributed by atoms with Crippen LogP contribution < -0.4 is 20.1 Å². The molecule has 2 N–H and O–H groups in total. The largest absolute Gasteiger partial charge is 0.486 e. The molecule has 0 unspecified atom stereocenters. The van der Waals surface area contributed by atoms with Gasteiger partial charge in [0, 0.05) is 23.5 Å². The van der Waals surface area contributed by atoms with Gasteiger partial charge in [0.1, 0.15) is 30.7 Å². The highest BCUT2D eigenvalue weighted by Gasteiger charge is 2.12. The zero-order chi connectivity index (χ0) is 18.6. The minimum atomic E-state index is 0.541. The lowest BCUT2D eigenvalue weighted by atomic mass is 10.2. The predicted molar refractivity (Wildman–Crippen MR) is 102 cm³/mol. The fourth-order valence-corrected chi connectivity index (χ4v) is 2.78. The van der Waals surface area contributed by atoms with Gasteiger partial charge in [0.25, 0.3) is 0 Å². The van der Waals surface area contributed by atoms with Gasteiger partial charge < -0.3 is 20.1 Å². The van der Waals surface area contributed by atoms with Gasteiger partial charge in [-0.15, -0.1) is 0 Å². The van der Waals surface area contributed by atoms with Gasteiger partial charge in [0.2, 0.25) is 0 Å². The molecule has 0 amide bonds. The average molecular weight is 359 g/mol. The van der Waals surface area contributed by atoms with Gasteiger partial charge in [-0.1, -0.05) is 6.07 Å². The SMILES string of the molecule is Cc1nc(Nc2cccc(C#N)c2)cc(Nc2ccc3c(c2)OCCO3)n1. The molecule has 0 saturated carbocycles. The van der Waals surface area contributed by atoms with Crippen molar-refractivity contribution in [2.24, 2.45) is 0 Å².